The van der Waals surface area contributed by atoms with Crippen LogP contribution in [0.15, 0.2) is 0 Å². The zero-order valence-electron chi connectivity index (χ0n) is 9.46. The number of hydrogen-bond acceptors (Lipinski definition) is 3. The fraction of sp³-hybridized carbons (Fsp3) is 0.909. The molecule has 2 N–H and O–H groups in total. The van der Waals surface area contributed by atoms with E-state index in [-0.39, 0.29) is 5.91 Å². The van der Waals surface area contributed by atoms with Crippen molar-refractivity contribution in [2.45, 2.75) is 37.8 Å². The Morgan fingerprint density at radius 1 is 1.27 bits per heavy atom. The Labute approximate surface area is 91.4 Å². The maximum absolute atomic E-state index is 11.4. The molecule has 0 atom stereocenters. The fourth-order valence-corrected chi connectivity index (χ4v) is 1.57. The molecule has 2 aliphatic rings. The third-order valence-corrected chi connectivity index (χ3v) is 2.86. The van der Waals surface area contributed by atoms with Crippen molar-refractivity contribution in [1.29, 1.82) is 0 Å². The maximum Gasteiger partial charge on any atom is 0.234 e. The van der Waals surface area contributed by atoms with E-state index in [2.05, 4.69) is 15.5 Å². The van der Waals surface area contributed by atoms with Crippen LogP contribution in [0.1, 0.15) is 25.7 Å². The number of carbonyl (C=O) groups is 1. The second kappa shape index (κ2) is 4.94. The molecule has 0 heterocycles. The summed E-state index contributed by atoms with van der Waals surface area (Å²) in [6.45, 7) is 2.48. The molecule has 2 aliphatic carbocycles. The number of likely N-dealkylation sites (N-methyl/N-ethyl adjacent to an activating group) is 1. The van der Waals surface area contributed by atoms with Crippen molar-refractivity contribution >= 4 is 5.91 Å². The molecule has 2 saturated carbocycles. The van der Waals surface area contributed by atoms with E-state index >= 15 is 0 Å². The van der Waals surface area contributed by atoms with Gasteiger partial charge in [-0.3, -0.25) is 9.69 Å². The lowest BCUT2D eigenvalue weighted by Gasteiger charge is -2.16. The number of rotatable bonds is 7. The zero-order chi connectivity index (χ0) is 10.7. The summed E-state index contributed by atoms with van der Waals surface area (Å²) in [6.07, 6.45) is 4.98. The van der Waals surface area contributed by atoms with Gasteiger partial charge in [0.15, 0.2) is 0 Å². The number of nitrogens with one attached hydrogen (secondary N) is 2. The molecule has 15 heavy (non-hydrogen) atoms. The predicted octanol–water partition coefficient (Wildman–Crippen LogP) is -0.0512. The van der Waals surface area contributed by atoms with Crippen molar-refractivity contribution in [3.05, 3.63) is 0 Å². The van der Waals surface area contributed by atoms with Crippen molar-refractivity contribution in [3.63, 3.8) is 0 Å². The van der Waals surface area contributed by atoms with E-state index in [1.807, 2.05) is 7.05 Å². The Morgan fingerprint density at radius 3 is 2.53 bits per heavy atom. The summed E-state index contributed by atoms with van der Waals surface area (Å²) < 4.78 is 0. The predicted molar refractivity (Wildman–Crippen MR) is 59.7 cm³/mol. The lowest BCUT2D eigenvalue weighted by atomic mass is 10.4. The molecule has 0 bridgehead atoms. The Bertz CT molecular complexity index is 224. The Morgan fingerprint density at radius 2 is 1.93 bits per heavy atom. The average Bonchev–Trinajstić information content (AvgIpc) is 2.96. The molecule has 86 valence electrons. The first-order valence-electron chi connectivity index (χ1n) is 5.95. The molecule has 4 nitrogen and oxygen atoms in total. The largest absolute Gasteiger partial charge is 0.352 e. The minimum absolute atomic E-state index is 0.173. The molecule has 2 rings (SSSR count). The lowest BCUT2D eigenvalue weighted by Crippen LogP contribution is -2.39. The van der Waals surface area contributed by atoms with E-state index in [1.54, 1.807) is 0 Å². The van der Waals surface area contributed by atoms with Crippen LogP contribution in [0.3, 0.4) is 0 Å². The fourth-order valence-electron chi connectivity index (χ4n) is 1.57. The minimum atomic E-state index is 0.173. The number of hydrogen-bond donors (Lipinski definition) is 2. The van der Waals surface area contributed by atoms with Crippen LogP contribution < -0.4 is 10.6 Å². The lowest BCUT2D eigenvalue weighted by molar-refractivity contribution is -0.122. The highest BCUT2D eigenvalue weighted by Crippen LogP contribution is 2.18. The topological polar surface area (TPSA) is 44.4 Å². The Hall–Kier alpha value is -0.610. The van der Waals surface area contributed by atoms with Crippen molar-refractivity contribution in [2.24, 2.45) is 0 Å². The molecular formula is C11H21N3O. The minimum Gasteiger partial charge on any atom is -0.352 e. The highest BCUT2D eigenvalue weighted by molar-refractivity contribution is 5.78. The van der Waals surface area contributed by atoms with E-state index in [0.717, 1.165) is 19.1 Å². The highest BCUT2D eigenvalue weighted by atomic mass is 16.2. The first kappa shape index (κ1) is 10.9. The Kier molecular flexibility index (Phi) is 3.59. The van der Waals surface area contributed by atoms with E-state index in [1.165, 1.54) is 25.7 Å². The molecule has 0 saturated heterocycles. The Balaban J connectivity index is 1.49. The van der Waals surface area contributed by atoms with Crippen LogP contribution in [0.4, 0.5) is 0 Å². The second-order valence-corrected chi connectivity index (χ2v) is 4.81. The summed E-state index contributed by atoms with van der Waals surface area (Å²) >= 11 is 0. The van der Waals surface area contributed by atoms with Crippen LogP contribution in [-0.4, -0.2) is 49.6 Å². The molecule has 0 aromatic heterocycles. The summed E-state index contributed by atoms with van der Waals surface area (Å²) in [6, 6.07) is 1.24. The van der Waals surface area contributed by atoms with Crippen LogP contribution in [0.5, 0.6) is 0 Å². The average molecular weight is 211 g/mol. The van der Waals surface area contributed by atoms with Crippen LogP contribution in [0.25, 0.3) is 0 Å². The van der Waals surface area contributed by atoms with Gasteiger partial charge in [0, 0.05) is 25.2 Å². The molecular weight excluding hydrogens is 190 g/mol. The third kappa shape index (κ3) is 4.62. The van der Waals surface area contributed by atoms with E-state index in [4.69, 9.17) is 0 Å². The van der Waals surface area contributed by atoms with Gasteiger partial charge in [0.05, 0.1) is 6.54 Å². The van der Waals surface area contributed by atoms with Crippen LogP contribution in [-0.2, 0) is 4.79 Å². The van der Waals surface area contributed by atoms with Gasteiger partial charge in [-0.25, -0.2) is 0 Å². The SMILES string of the molecule is CN(CCNC1CC1)CC(=O)NC1CC1. The molecule has 0 unspecified atom stereocenters. The zero-order valence-corrected chi connectivity index (χ0v) is 9.46. The molecule has 2 fully saturated rings. The number of amides is 1. The van der Waals surface area contributed by atoms with Gasteiger partial charge in [-0.15, -0.1) is 0 Å². The number of carbonyl (C=O) groups excluding carboxylic acids is 1. The molecule has 0 spiro atoms. The summed E-state index contributed by atoms with van der Waals surface area (Å²) in [7, 11) is 2.00. The maximum atomic E-state index is 11.4. The first-order valence-corrected chi connectivity index (χ1v) is 5.95. The highest BCUT2D eigenvalue weighted by Gasteiger charge is 2.23. The van der Waals surface area contributed by atoms with Gasteiger partial charge in [0.25, 0.3) is 0 Å². The second-order valence-electron chi connectivity index (χ2n) is 4.81. The van der Waals surface area contributed by atoms with E-state index in [0.29, 0.717) is 12.6 Å². The summed E-state index contributed by atoms with van der Waals surface area (Å²) in [5.41, 5.74) is 0. The molecule has 0 radical (unpaired) electrons. The van der Waals surface area contributed by atoms with Crippen LogP contribution >= 0.6 is 0 Å². The van der Waals surface area contributed by atoms with Gasteiger partial charge >= 0.3 is 0 Å². The van der Waals surface area contributed by atoms with Gasteiger partial charge < -0.3 is 10.6 Å². The quantitative estimate of drug-likeness (QED) is 0.620. The molecule has 0 aliphatic heterocycles. The monoisotopic (exact) mass is 211 g/mol. The van der Waals surface area contributed by atoms with Gasteiger partial charge in [-0.2, -0.15) is 0 Å². The molecule has 0 aromatic carbocycles. The van der Waals surface area contributed by atoms with Crippen molar-refractivity contribution < 1.29 is 4.79 Å². The van der Waals surface area contributed by atoms with Crippen molar-refractivity contribution in [2.75, 3.05) is 26.7 Å². The van der Waals surface area contributed by atoms with Gasteiger partial charge in [-0.05, 0) is 32.7 Å². The van der Waals surface area contributed by atoms with Crippen molar-refractivity contribution in [3.8, 4) is 0 Å². The van der Waals surface area contributed by atoms with Crippen LogP contribution in [0, 0.1) is 0 Å². The molecule has 1 amide bonds. The smallest absolute Gasteiger partial charge is 0.234 e. The summed E-state index contributed by atoms with van der Waals surface area (Å²) in [5.74, 6) is 0.173. The van der Waals surface area contributed by atoms with Crippen LogP contribution in [0.2, 0.25) is 0 Å². The van der Waals surface area contributed by atoms with E-state index in [9.17, 15) is 4.79 Å². The number of nitrogens with zero attached hydrogens (tertiary/aromatic N) is 1. The standard InChI is InChI=1S/C11H21N3O/c1-14(7-6-12-9-2-3-9)8-11(15)13-10-4-5-10/h9-10,12H,2-8H2,1H3,(H,13,15). The first-order chi connectivity index (χ1) is 7.24. The van der Waals surface area contributed by atoms with Gasteiger partial charge in [0.1, 0.15) is 0 Å². The summed E-state index contributed by atoms with van der Waals surface area (Å²) in [4.78, 5) is 13.5. The third-order valence-electron chi connectivity index (χ3n) is 2.86. The molecule has 4 heteroatoms. The van der Waals surface area contributed by atoms with Crippen molar-refractivity contribution in [1.82, 2.24) is 15.5 Å². The van der Waals surface area contributed by atoms with Gasteiger partial charge in [0.2, 0.25) is 5.91 Å². The van der Waals surface area contributed by atoms with Gasteiger partial charge in [-0.1, -0.05) is 0 Å². The molecule has 0 aromatic rings. The normalized spacial score (nSPS) is 20.7. The summed E-state index contributed by atoms with van der Waals surface area (Å²) in [5, 5.41) is 6.44. The van der Waals surface area contributed by atoms with E-state index < -0.39 is 0 Å².